The van der Waals surface area contributed by atoms with E-state index in [9.17, 15) is 8.42 Å². The third-order valence-corrected chi connectivity index (χ3v) is 5.25. The van der Waals surface area contributed by atoms with E-state index in [1.165, 1.54) is 5.56 Å². The summed E-state index contributed by atoms with van der Waals surface area (Å²) in [4.78, 5) is 2.10. The van der Waals surface area contributed by atoms with Gasteiger partial charge in [0.2, 0.25) is 0 Å². The van der Waals surface area contributed by atoms with Gasteiger partial charge in [0.05, 0.1) is 23.2 Å². The zero-order chi connectivity index (χ0) is 13.5. The molecule has 102 valence electrons. The number of hydrogen-bond donors (Lipinski definition) is 0. The third-order valence-electron chi connectivity index (χ3n) is 3.50. The fraction of sp³-hybridized carbons (Fsp3) is 0.750. The predicted molar refractivity (Wildman–Crippen MR) is 71.4 cm³/mol. The first kappa shape index (κ1) is 13.5. The smallest absolute Gasteiger partial charge is 0.152 e. The van der Waals surface area contributed by atoms with Gasteiger partial charge in [-0.1, -0.05) is 0 Å². The molecule has 0 radical (unpaired) electrons. The van der Waals surface area contributed by atoms with Gasteiger partial charge in [0.1, 0.15) is 0 Å². The molecule has 1 aromatic rings. The molecule has 1 aromatic heterocycles. The minimum absolute atomic E-state index is 0.0182. The van der Waals surface area contributed by atoms with Gasteiger partial charge in [-0.05, 0) is 34.4 Å². The van der Waals surface area contributed by atoms with Gasteiger partial charge in [-0.2, -0.15) is 5.10 Å². The molecule has 0 bridgehead atoms. The van der Waals surface area contributed by atoms with E-state index in [4.69, 9.17) is 0 Å². The van der Waals surface area contributed by atoms with Crippen LogP contribution in [0.25, 0.3) is 0 Å². The van der Waals surface area contributed by atoms with Crippen LogP contribution in [0.2, 0.25) is 0 Å². The van der Waals surface area contributed by atoms with Crippen LogP contribution in [0.1, 0.15) is 29.4 Å². The summed E-state index contributed by atoms with van der Waals surface area (Å²) in [5.74, 6) is 0.523. The number of sulfone groups is 1. The highest BCUT2D eigenvalue weighted by Gasteiger charge is 2.31. The highest BCUT2D eigenvalue weighted by atomic mass is 32.2. The third kappa shape index (κ3) is 2.59. The molecule has 0 amide bonds. The highest BCUT2D eigenvalue weighted by Crippen LogP contribution is 2.27. The molecule has 0 aromatic carbocycles. The molecule has 1 atom stereocenters. The number of nitrogens with zero attached hydrogens (tertiary/aromatic N) is 3. The Bertz CT molecular complexity index is 546. The van der Waals surface area contributed by atoms with Crippen LogP contribution >= 0.6 is 0 Å². The second kappa shape index (κ2) is 4.66. The summed E-state index contributed by atoms with van der Waals surface area (Å²) in [7, 11) is 1.19. The molecule has 1 saturated heterocycles. The lowest BCUT2D eigenvalue weighted by atomic mass is 10.2. The van der Waals surface area contributed by atoms with Gasteiger partial charge in [-0.15, -0.1) is 0 Å². The Morgan fingerprint density at radius 3 is 2.56 bits per heavy atom. The maximum atomic E-state index is 11.5. The van der Waals surface area contributed by atoms with E-state index in [1.54, 1.807) is 0 Å². The Morgan fingerprint density at radius 2 is 2.06 bits per heavy atom. The molecule has 6 heteroatoms. The molecule has 1 fully saturated rings. The van der Waals surface area contributed by atoms with Gasteiger partial charge >= 0.3 is 0 Å². The molecule has 18 heavy (non-hydrogen) atoms. The van der Waals surface area contributed by atoms with Crippen molar-refractivity contribution >= 4 is 9.84 Å². The van der Waals surface area contributed by atoms with Gasteiger partial charge < -0.3 is 4.90 Å². The maximum Gasteiger partial charge on any atom is 0.152 e. The molecular weight excluding hydrogens is 250 g/mol. The van der Waals surface area contributed by atoms with Crippen LogP contribution in [0, 0.1) is 13.8 Å². The van der Waals surface area contributed by atoms with Crippen LogP contribution in [0.5, 0.6) is 0 Å². The first-order chi connectivity index (χ1) is 8.30. The quantitative estimate of drug-likeness (QED) is 0.820. The van der Waals surface area contributed by atoms with Crippen LogP contribution in [0.3, 0.4) is 0 Å². The van der Waals surface area contributed by atoms with Crippen LogP contribution in [0.15, 0.2) is 0 Å². The van der Waals surface area contributed by atoms with Crippen molar-refractivity contribution in [1.29, 1.82) is 0 Å². The van der Waals surface area contributed by atoms with E-state index in [1.807, 2.05) is 32.6 Å². The van der Waals surface area contributed by atoms with Crippen molar-refractivity contribution in [3.8, 4) is 0 Å². The fourth-order valence-corrected chi connectivity index (χ4v) is 4.26. The summed E-state index contributed by atoms with van der Waals surface area (Å²) in [5.41, 5.74) is 3.32. The normalized spacial score (nSPS) is 22.8. The van der Waals surface area contributed by atoms with E-state index in [-0.39, 0.29) is 11.8 Å². The molecule has 0 N–H and O–H groups in total. The largest absolute Gasteiger partial charge is 0.305 e. The van der Waals surface area contributed by atoms with Crippen molar-refractivity contribution in [2.75, 3.05) is 25.6 Å². The van der Waals surface area contributed by atoms with Crippen molar-refractivity contribution in [1.82, 2.24) is 14.7 Å². The molecular formula is C12H21N3O2S. The molecule has 5 nitrogen and oxygen atoms in total. The molecule has 0 aliphatic carbocycles. The zero-order valence-corrected chi connectivity index (χ0v) is 12.3. The van der Waals surface area contributed by atoms with E-state index < -0.39 is 9.84 Å². The van der Waals surface area contributed by atoms with Crippen molar-refractivity contribution in [3.05, 3.63) is 17.0 Å². The Balaban J connectivity index is 2.30. The highest BCUT2D eigenvalue weighted by molar-refractivity contribution is 7.91. The summed E-state index contributed by atoms with van der Waals surface area (Å²) in [6.45, 7) is 4.87. The van der Waals surface area contributed by atoms with Gasteiger partial charge in [0, 0.05) is 17.8 Å². The number of aryl methyl sites for hydroxylation is 1. The molecule has 0 spiro atoms. The number of aromatic nitrogens is 2. The average molecular weight is 271 g/mol. The van der Waals surface area contributed by atoms with Gasteiger partial charge in [0.15, 0.2) is 9.84 Å². The second-order valence-electron chi connectivity index (χ2n) is 5.39. The van der Waals surface area contributed by atoms with E-state index in [0.717, 1.165) is 17.9 Å². The molecule has 0 unspecified atom stereocenters. The molecule has 2 rings (SSSR count). The lowest BCUT2D eigenvalue weighted by Gasteiger charge is -2.13. The summed E-state index contributed by atoms with van der Waals surface area (Å²) in [6, 6.07) is 0.0182. The second-order valence-corrected chi connectivity index (χ2v) is 7.62. The molecule has 2 heterocycles. The zero-order valence-electron chi connectivity index (χ0n) is 11.5. The Hall–Kier alpha value is -0.880. The van der Waals surface area contributed by atoms with Crippen LogP contribution < -0.4 is 0 Å². The minimum Gasteiger partial charge on any atom is -0.305 e. The van der Waals surface area contributed by atoms with E-state index >= 15 is 0 Å². The summed E-state index contributed by atoms with van der Waals surface area (Å²) >= 11 is 0. The van der Waals surface area contributed by atoms with E-state index in [0.29, 0.717) is 12.2 Å². The first-order valence-electron chi connectivity index (χ1n) is 6.20. The standard InChI is InChI=1S/C12H21N3O2S/c1-9-12(7-14(3)4)10(2)15(13-9)11-5-6-18(16,17)8-11/h11H,5-8H2,1-4H3/t11-/m1/s1. The van der Waals surface area contributed by atoms with Gasteiger partial charge in [-0.3, -0.25) is 4.68 Å². The summed E-state index contributed by atoms with van der Waals surface area (Å²) < 4.78 is 25.0. The first-order valence-corrected chi connectivity index (χ1v) is 8.02. The Morgan fingerprint density at radius 1 is 1.39 bits per heavy atom. The maximum absolute atomic E-state index is 11.5. The number of rotatable bonds is 3. The average Bonchev–Trinajstić information content (AvgIpc) is 2.72. The van der Waals surface area contributed by atoms with Crippen LogP contribution in [0.4, 0.5) is 0 Å². The SMILES string of the molecule is Cc1nn([C@@H]2CCS(=O)(=O)C2)c(C)c1CN(C)C. The lowest BCUT2D eigenvalue weighted by molar-refractivity contribution is 0.399. The van der Waals surface area contributed by atoms with Crippen molar-refractivity contribution in [3.63, 3.8) is 0 Å². The van der Waals surface area contributed by atoms with E-state index in [2.05, 4.69) is 10.00 Å². The van der Waals surface area contributed by atoms with Crippen LogP contribution in [-0.4, -0.2) is 48.7 Å². The summed E-state index contributed by atoms with van der Waals surface area (Å²) in [6.07, 6.45) is 0.686. The molecule has 1 aliphatic heterocycles. The molecule has 0 saturated carbocycles. The van der Waals surface area contributed by atoms with Crippen LogP contribution in [-0.2, 0) is 16.4 Å². The Kier molecular flexibility index (Phi) is 3.51. The topological polar surface area (TPSA) is 55.2 Å². The Labute approximate surface area is 109 Å². The summed E-state index contributed by atoms with van der Waals surface area (Å²) in [5, 5.41) is 4.54. The predicted octanol–water partition coefficient (Wildman–Crippen LogP) is 0.921. The van der Waals surface area contributed by atoms with Crippen molar-refractivity contribution < 1.29 is 8.42 Å². The number of hydrogen-bond acceptors (Lipinski definition) is 4. The molecule has 1 aliphatic rings. The van der Waals surface area contributed by atoms with Gasteiger partial charge in [0.25, 0.3) is 0 Å². The van der Waals surface area contributed by atoms with Gasteiger partial charge in [-0.25, -0.2) is 8.42 Å². The monoisotopic (exact) mass is 271 g/mol. The van der Waals surface area contributed by atoms with Crippen molar-refractivity contribution in [2.45, 2.75) is 32.9 Å². The fourth-order valence-electron chi connectivity index (χ4n) is 2.57. The minimum atomic E-state index is -2.86. The van der Waals surface area contributed by atoms with Crippen molar-refractivity contribution in [2.24, 2.45) is 0 Å². The lowest BCUT2D eigenvalue weighted by Crippen LogP contribution is -2.15.